The molecule has 0 N–H and O–H groups in total. The van der Waals surface area contributed by atoms with Crippen LogP contribution < -0.4 is 4.90 Å². The van der Waals surface area contributed by atoms with E-state index in [0.29, 0.717) is 28.5 Å². The third-order valence-corrected chi connectivity index (χ3v) is 5.21. The summed E-state index contributed by atoms with van der Waals surface area (Å²) in [7, 11) is 3.80. The third-order valence-electron chi connectivity index (χ3n) is 4.16. The van der Waals surface area contributed by atoms with Crippen molar-refractivity contribution in [3.63, 3.8) is 0 Å². The molecule has 0 radical (unpaired) electrons. The predicted molar refractivity (Wildman–Crippen MR) is 107 cm³/mol. The van der Waals surface area contributed by atoms with Gasteiger partial charge in [-0.05, 0) is 31.8 Å². The number of amides is 1. The number of likely N-dealkylation sites (N-methyl/N-ethyl adjacent to an activating group) is 1. The van der Waals surface area contributed by atoms with E-state index in [1.165, 1.54) is 29.5 Å². The molecule has 0 aliphatic carbocycles. The summed E-state index contributed by atoms with van der Waals surface area (Å²) in [6.45, 7) is 1.02. The molecule has 1 heterocycles. The molecular formula is C19H19FN4O3S. The lowest BCUT2D eigenvalue weighted by Gasteiger charge is -2.22. The minimum Gasteiger partial charge on any atom is -0.308 e. The standard InChI is InChI=1S/C19H19FN4O3S/c1-22(2)10-11-23(19-21-18-15(20)4-3-5-16(18)28-19)17(25)12-13-6-8-14(9-7-13)24(26)27/h3-9H,10-12H2,1-2H3. The van der Waals surface area contributed by atoms with Crippen molar-refractivity contribution in [2.45, 2.75) is 6.42 Å². The van der Waals surface area contributed by atoms with Crippen molar-refractivity contribution in [2.75, 3.05) is 32.1 Å². The molecule has 146 valence electrons. The number of carbonyl (C=O) groups is 1. The molecule has 0 spiro atoms. The highest BCUT2D eigenvalue weighted by molar-refractivity contribution is 7.22. The molecule has 0 saturated heterocycles. The molecule has 0 aliphatic rings. The van der Waals surface area contributed by atoms with Gasteiger partial charge in [-0.25, -0.2) is 9.37 Å². The Bertz CT molecular complexity index is 1000. The molecule has 0 saturated carbocycles. The molecule has 0 atom stereocenters. The highest BCUT2D eigenvalue weighted by Crippen LogP contribution is 2.30. The number of nitro groups is 1. The van der Waals surface area contributed by atoms with Gasteiger partial charge in [0.05, 0.1) is 16.0 Å². The van der Waals surface area contributed by atoms with Gasteiger partial charge < -0.3 is 4.90 Å². The summed E-state index contributed by atoms with van der Waals surface area (Å²) in [4.78, 5) is 31.1. The number of para-hydroxylation sites is 1. The largest absolute Gasteiger partial charge is 0.308 e. The van der Waals surface area contributed by atoms with E-state index in [2.05, 4.69) is 4.98 Å². The first-order chi connectivity index (χ1) is 13.3. The second-order valence-electron chi connectivity index (χ2n) is 6.53. The molecule has 3 aromatic rings. The monoisotopic (exact) mass is 402 g/mol. The highest BCUT2D eigenvalue weighted by atomic mass is 32.1. The van der Waals surface area contributed by atoms with Gasteiger partial charge in [-0.3, -0.25) is 19.8 Å². The summed E-state index contributed by atoms with van der Waals surface area (Å²) >= 11 is 1.26. The number of rotatable bonds is 7. The Morgan fingerprint density at radius 2 is 1.89 bits per heavy atom. The number of fused-ring (bicyclic) bond motifs is 1. The topological polar surface area (TPSA) is 79.6 Å². The first-order valence-corrected chi connectivity index (χ1v) is 9.40. The average molecular weight is 402 g/mol. The van der Waals surface area contributed by atoms with Crippen molar-refractivity contribution in [1.29, 1.82) is 0 Å². The maximum Gasteiger partial charge on any atom is 0.269 e. The van der Waals surface area contributed by atoms with E-state index in [1.54, 1.807) is 29.2 Å². The molecule has 28 heavy (non-hydrogen) atoms. The Hall–Kier alpha value is -2.91. The van der Waals surface area contributed by atoms with Crippen LogP contribution >= 0.6 is 11.3 Å². The first-order valence-electron chi connectivity index (χ1n) is 8.58. The number of hydrogen-bond acceptors (Lipinski definition) is 6. The zero-order chi connectivity index (χ0) is 20.3. The number of anilines is 1. The van der Waals surface area contributed by atoms with E-state index in [1.807, 2.05) is 19.0 Å². The van der Waals surface area contributed by atoms with Gasteiger partial charge in [0.15, 0.2) is 5.13 Å². The summed E-state index contributed by atoms with van der Waals surface area (Å²) in [5, 5.41) is 11.2. The van der Waals surface area contributed by atoms with E-state index in [-0.39, 0.29) is 23.5 Å². The van der Waals surface area contributed by atoms with Crippen LogP contribution in [-0.4, -0.2) is 47.9 Å². The smallest absolute Gasteiger partial charge is 0.269 e. The van der Waals surface area contributed by atoms with E-state index in [9.17, 15) is 19.3 Å². The van der Waals surface area contributed by atoms with Crippen LogP contribution in [0.1, 0.15) is 5.56 Å². The second kappa shape index (κ2) is 8.41. The third kappa shape index (κ3) is 4.49. The van der Waals surface area contributed by atoms with E-state index >= 15 is 0 Å². The lowest BCUT2D eigenvalue weighted by molar-refractivity contribution is -0.384. The minimum atomic E-state index is -0.481. The summed E-state index contributed by atoms with van der Waals surface area (Å²) in [5.74, 6) is -0.620. The van der Waals surface area contributed by atoms with Crippen LogP contribution in [0.25, 0.3) is 10.2 Å². The number of aromatic nitrogens is 1. The van der Waals surface area contributed by atoms with Gasteiger partial charge in [-0.2, -0.15) is 0 Å². The molecule has 2 aromatic carbocycles. The Morgan fingerprint density at radius 1 is 1.18 bits per heavy atom. The van der Waals surface area contributed by atoms with Gasteiger partial charge in [0.1, 0.15) is 11.3 Å². The summed E-state index contributed by atoms with van der Waals surface area (Å²) in [6, 6.07) is 10.6. The quantitative estimate of drug-likeness (QED) is 0.447. The van der Waals surface area contributed by atoms with Gasteiger partial charge in [0.2, 0.25) is 5.91 Å². The number of hydrogen-bond donors (Lipinski definition) is 0. The van der Waals surface area contributed by atoms with Crippen LogP contribution in [0.3, 0.4) is 0 Å². The zero-order valence-electron chi connectivity index (χ0n) is 15.5. The Morgan fingerprint density at radius 3 is 2.50 bits per heavy atom. The average Bonchev–Trinajstić information content (AvgIpc) is 3.07. The molecule has 7 nitrogen and oxygen atoms in total. The number of carbonyl (C=O) groups excluding carboxylic acids is 1. The van der Waals surface area contributed by atoms with E-state index in [4.69, 9.17) is 0 Å². The Kier molecular flexibility index (Phi) is 5.96. The fraction of sp³-hybridized carbons (Fsp3) is 0.263. The summed E-state index contributed by atoms with van der Waals surface area (Å²) in [5.41, 5.74) is 0.889. The summed E-state index contributed by atoms with van der Waals surface area (Å²) < 4.78 is 14.7. The van der Waals surface area contributed by atoms with Crippen molar-refractivity contribution in [3.05, 3.63) is 64.0 Å². The molecule has 3 rings (SSSR count). The van der Waals surface area contributed by atoms with Crippen LogP contribution in [0.2, 0.25) is 0 Å². The van der Waals surface area contributed by atoms with Crippen LogP contribution in [-0.2, 0) is 11.2 Å². The Labute approximate surface area is 165 Å². The Balaban J connectivity index is 1.86. The van der Waals surface area contributed by atoms with Crippen LogP contribution in [0.15, 0.2) is 42.5 Å². The van der Waals surface area contributed by atoms with Crippen molar-refractivity contribution < 1.29 is 14.1 Å². The predicted octanol–water partition coefficient (Wildman–Crippen LogP) is 3.48. The van der Waals surface area contributed by atoms with Crippen molar-refractivity contribution in [1.82, 2.24) is 9.88 Å². The van der Waals surface area contributed by atoms with E-state index < -0.39 is 10.7 Å². The highest BCUT2D eigenvalue weighted by Gasteiger charge is 2.21. The molecular weight excluding hydrogens is 383 g/mol. The molecule has 0 unspecified atom stereocenters. The molecule has 1 aromatic heterocycles. The fourth-order valence-corrected chi connectivity index (χ4v) is 3.67. The number of halogens is 1. The normalized spacial score (nSPS) is 11.1. The number of nitrogens with zero attached hydrogens (tertiary/aromatic N) is 4. The van der Waals surface area contributed by atoms with Crippen molar-refractivity contribution >= 4 is 38.3 Å². The maximum atomic E-state index is 14.0. The van der Waals surface area contributed by atoms with Gasteiger partial charge in [-0.15, -0.1) is 0 Å². The molecule has 9 heteroatoms. The lowest BCUT2D eigenvalue weighted by atomic mass is 10.1. The van der Waals surface area contributed by atoms with E-state index in [0.717, 1.165) is 0 Å². The van der Waals surface area contributed by atoms with Crippen LogP contribution in [0, 0.1) is 15.9 Å². The van der Waals surface area contributed by atoms with Crippen LogP contribution in [0.5, 0.6) is 0 Å². The molecule has 0 bridgehead atoms. The fourth-order valence-electron chi connectivity index (χ4n) is 2.65. The van der Waals surface area contributed by atoms with Crippen molar-refractivity contribution in [3.8, 4) is 0 Å². The number of thiazole rings is 1. The number of benzene rings is 2. The first kappa shape index (κ1) is 19.8. The molecule has 0 aliphatic heterocycles. The SMILES string of the molecule is CN(C)CCN(C(=O)Cc1ccc([N+](=O)[O-])cc1)c1nc2c(F)cccc2s1. The van der Waals surface area contributed by atoms with Gasteiger partial charge in [-0.1, -0.05) is 29.5 Å². The minimum absolute atomic E-state index is 0.0256. The van der Waals surface area contributed by atoms with Crippen LogP contribution in [0.4, 0.5) is 15.2 Å². The molecule has 1 amide bonds. The molecule has 0 fully saturated rings. The zero-order valence-corrected chi connectivity index (χ0v) is 16.3. The second-order valence-corrected chi connectivity index (χ2v) is 7.54. The number of nitro benzene ring substituents is 1. The van der Waals surface area contributed by atoms with Gasteiger partial charge in [0, 0.05) is 25.2 Å². The van der Waals surface area contributed by atoms with Crippen molar-refractivity contribution in [2.24, 2.45) is 0 Å². The van der Waals surface area contributed by atoms with Gasteiger partial charge >= 0.3 is 0 Å². The maximum absolute atomic E-state index is 14.0. The lowest BCUT2D eigenvalue weighted by Crippen LogP contribution is -2.37. The van der Waals surface area contributed by atoms with Gasteiger partial charge in [0.25, 0.3) is 5.69 Å². The summed E-state index contributed by atoms with van der Waals surface area (Å²) in [6.07, 6.45) is 0.0732. The number of non-ortho nitro benzene ring substituents is 1.